The van der Waals surface area contributed by atoms with E-state index in [1.807, 2.05) is 36.4 Å². The minimum atomic E-state index is -3.74. The van der Waals surface area contributed by atoms with Gasteiger partial charge >= 0.3 is 13.6 Å². The molecule has 9 heteroatoms. The number of thiocarbonyl (C=S) groups is 1. The molecule has 1 fully saturated rings. The second kappa shape index (κ2) is 9.04. The quantitative estimate of drug-likeness (QED) is 0.364. The predicted molar refractivity (Wildman–Crippen MR) is 122 cm³/mol. The van der Waals surface area contributed by atoms with Crippen LogP contribution in [0.3, 0.4) is 0 Å². The molecule has 156 valence electrons. The largest absolute Gasteiger partial charge is 0.468 e. The number of rotatable bonds is 7. The zero-order chi connectivity index (χ0) is 21.2. The summed E-state index contributed by atoms with van der Waals surface area (Å²) in [6, 6.07) is 12.5. The molecule has 0 amide bonds. The van der Waals surface area contributed by atoms with E-state index in [-0.39, 0.29) is 12.0 Å². The van der Waals surface area contributed by atoms with Crippen molar-refractivity contribution in [3.63, 3.8) is 0 Å². The van der Waals surface area contributed by atoms with E-state index in [2.05, 4.69) is 18.9 Å². The number of esters is 1. The van der Waals surface area contributed by atoms with Gasteiger partial charge in [0.1, 0.15) is 16.1 Å². The summed E-state index contributed by atoms with van der Waals surface area (Å²) in [7, 11) is -2.44. The minimum absolute atomic E-state index is 0.0730. The highest BCUT2D eigenvalue weighted by Gasteiger charge is 2.47. The van der Waals surface area contributed by atoms with Gasteiger partial charge in [0.25, 0.3) is 0 Å². The van der Waals surface area contributed by atoms with Gasteiger partial charge in [0, 0.05) is 5.75 Å². The maximum atomic E-state index is 14.2. The number of hydrogen-bond acceptors (Lipinski definition) is 6. The fourth-order valence-corrected chi connectivity index (χ4v) is 7.78. The first-order valence-electron chi connectivity index (χ1n) is 9.35. The summed E-state index contributed by atoms with van der Waals surface area (Å²) in [4.78, 5) is 12.0. The molecule has 2 aromatic rings. The summed E-state index contributed by atoms with van der Waals surface area (Å²) < 4.78 is 27.2. The molecule has 0 aliphatic carbocycles. The summed E-state index contributed by atoms with van der Waals surface area (Å²) in [5.41, 5.74) is 0. The van der Waals surface area contributed by atoms with Crippen LogP contribution >= 0.6 is 31.7 Å². The van der Waals surface area contributed by atoms with Crippen LogP contribution in [0.2, 0.25) is 0 Å². The van der Waals surface area contributed by atoms with Crippen molar-refractivity contribution in [2.24, 2.45) is 5.92 Å². The van der Waals surface area contributed by atoms with Gasteiger partial charge in [-0.2, -0.15) is 0 Å². The first kappa shape index (κ1) is 22.1. The van der Waals surface area contributed by atoms with E-state index in [1.165, 1.54) is 18.9 Å². The van der Waals surface area contributed by atoms with Gasteiger partial charge in [0.2, 0.25) is 0 Å². The van der Waals surface area contributed by atoms with Crippen LogP contribution in [0.4, 0.5) is 0 Å². The maximum Gasteiger partial charge on any atom is 0.421 e. The van der Waals surface area contributed by atoms with Crippen LogP contribution in [0, 0.1) is 5.92 Å². The Kier molecular flexibility index (Phi) is 6.89. The Labute approximate surface area is 180 Å². The van der Waals surface area contributed by atoms with Crippen molar-refractivity contribution in [3.05, 3.63) is 42.5 Å². The monoisotopic (exact) mass is 452 g/mol. The van der Waals surface area contributed by atoms with E-state index in [1.54, 1.807) is 17.7 Å². The highest BCUT2D eigenvalue weighted by atomic mass is 32.2. The van der Waals surface area contributed by atoms with Crippen molar-refractivity contribution in [2.75, 3.05) is 12.9 Å². The average molecular weight is 453 g/mol. The Balaban J connectivity index is 2.00. The Morgan fingerprint density at radius 1 is 1.24 bits per heavy atom. The molecule has 0 spiro atoms. The van der Waals surface area contributed by atoms with E-state index in [0.29, 0.717) is 10.1 Å². The number of carbonyl (C=O) groups excluding carboxylic acids is 1. The van der Waals surface area contributed by atoms with Crippen LogP contribution in [0.25, 0.3) is 10.8 Å². The zero-order valence-corrected chi connectivity index (χ0v) is 19.4. The van der Waals surface area contributed by atoms with Crippen molar-refractivity contribution < 1.29 is 18.6 Å². The number of hydrogen-bond donors (Lipinski definition) is 1. The van der Waals surface area contributed by atoms with E-state index >= 15 is 0 Å². The lowest BCUT2D eigenvalue weighted by Gasteiger charge is -2.35. The molecule has 0 saturated carbocycles. The van der Waals surface area contributed by atoms with Gasteiger partial charge in [-0.3, -0.25) is 9.46 Å². The van der Waals surface area contributed by atoms with Crippen LogP contribution in [0.1, 0.15) is 20.8 Å². The lowest BCUT2D eigenvalue weighted by molar-refractivity contribution is -0.142. The van der Waals surface area contributed by atoms with Crippen LogP contribution in [0.5, 0.6) is 5.75 Å². The summed E-state index contributed by atoms with van der Waals surface area (Å²) in [5.74, 6) is 0.840. The fraction of sp³-hybridized carbons (Fsp3) is 0.400. The molecular weight excluding hydrogens is 427 g/mol. The van der Waals surface area contributed by atoms with Crippen molar-refractivity contribution in [1.82, 2.24) is 9.76 Å². The van der Waals surface area contributed by atoms with Gasteiger partial charge < -0.3 is 9.26 Å². The number of nitrogens with zero attached hydrogens (tertiary/aromatic N) is 1. The SMILES string of the molecule is COC(=O)[C@H](C)N[P@](=O)(Oc1ccc2ccccc2c1)N1C(=S)SC[C@@H]1C(C)C. The number of nitrogens with one attached hydrogen (secondary N) is 1. The number of thioether (sulfide) groups is 1. The van der Waals surface area contributed by atoms with Crippen molar-refractivity contribution in [3.8, 4) is 5.75 Å². The van der Waals surface area contributed by atoms with Crippen molar-refractivity contribution in [2.45, 2.75) is 32.9 Å². The summed E-state index contributed by atoms with van der Waals surface area (Å²) >= 11 is 6.98. The van der Waals surface area contributed by atoms with Gasteiger partial charge in [-0.05, 0) is 35.7 Å². The van der Waals surface area contributed by atoms with Crippen LogP contribution < -0.4 is 9.61 Å². The summed E-state index contributed by atoms with van der Waals surface area (Å²) in [6.45, 7) is 5.70. The standard InChI is InChI=1S/C20H25N2O4PS2/c1-13(2)18-12-29-20(28)22(18)27(24,21-14(3)19(23)25-4)26-17-10-9-15-7-5-6-8-16(15)11-17/h5-11,13-14,18H,12H2,1-4H3,(H,21,24)/t14-,18+,27-/m0/s1. The van der Waals surface area contributed by atoms with Gasteiger partial charge in [0.15, 0.2) is 0 Å². The molecule has 2 aromatic carbocycles. The second-order valence-corrected chi connectivity index (χ2v) is 10.8. The Hall–Kier alpha value is -1.60. The van der Waals surface area contributed by atoms with E-state index < -0.39 is 19.7 Å². The maximum absolute atomic E-state index is 14.2. The Morgan fingerprint density at radius 3 is 2.59 bits per heavy atom. The third-order valence-electron chi connectivity index (χ3n) is 4.79. The summed E-state index contributed by atoms with van der Waals surface area (Å²) in [5, 5.41) is 4.90. The Morgan fingerprint density at radius 2 is 1.93 bits per heavy atom. The van der Waals surface area contributed by atoms with Crippen molar-refractivity contribution in [1.29, 1.82) is 0 Å². The predicted octanol–water partition coefficient (Wildman–Crippen LogP) is 4.84. The summed E-state index contributed by atoms with van der Waals surface area (Å²) in [6.07, 6.45) is 0. The molecular formula is C20H25N2O4PS2. The number of ether oxygens (including phenoxy) is 1. The molecule has 1 heterocycles. The number of benzene rings is 2. The molecule has 29 heavy (non-hydrogen) atoms. The molecule has 1 aliphatic rings. The average Bonchev–Trinajstić information content (AvgIpc) is 3.09. The molecule has 1 saturated heterocycles. The van der Waals surface area contributed by atoms with Gasteiger partial charge in [-0.15, -0.1) is 0 Å². The number of fused-ring (bicyclic) bond motifs is 1. The molecule has 3 rings (SSSR count). The van der Waals surface area contributed by atoms with Gasteiger partial charge in [0.05, 0.1) is 13.2 Å². The molecule has 3 atom stereocenters. The number of methoxy groups -OCH3 is 1. The first-order valence-corrected chi connectivity index (χ1v) is 12.3. The second-order valence-electron chi connectivity index (χ2n) is 7.23. The van der Waals surface area contributed by atoms with E-state index in [0.717, 1.165) is 16.5 Å². The van der Waals surface area contributed by atoms with E-state index in [9.17, 15) is 9.36 Å². The molecule has 0 bridgehead atoms. The molecule has 0 radical (unpaired) electrons. The lowest BCUT2D eigenvalue weighted by atomic mass is 10.1. The number of carbonyl (C=O) groups is 1. The third-order valence-corrected chi connectivity index (χ3v) is 8.80. The molecule has 0 aromatic heterocycles. The van der Waals surface area contributed by atoms with Crippen LogP contribution in [-0.4, -0.2) is 39.9 Å². The van der Waals surface area contributed by atoms with Gasteiger partial charge in [-0.25, -0.2) is 9.65 Å². The lowest BCUT2D eigenvalue weighted by Crippen LogP contribution is -2.44. The molecule has 0 unspecified atom stereocenters. The van der Waals surface area contributed by atoms with Crippen LogP contribution in [0.15, 0.2) is 42.5 Å². The molecule has 1 aliphatic heterocycles. The van der Waals surface area contributed by atoms with Crippen molar-refractivity contribution >= 4 is 52.7 Å². The van der Waals surface area contributed by atoms with E-state index in [4.69, 9.17) is 21.5 Å². The van der Waals surface area contributed by atoms with Gasteiger partial charge in [-0.1, -0.05) is 68.2 Å². The first-order chi connectivity index (χ1) is 13.7. The molecule has 6 nitrogen and oxygen atoms in total. The normalized spacial score (nSPS) is 20.0. The fourth-order valence-electron chi connectivity index (χ4n) is 3.18. The Bertz CT molecular complexity index is 968. The highest BCUT2D eigenvalue weighted by Crippen LogP contribution is 2.54. The zero-order valence-electron chi connectivity index (χ0n) is 16.8. The third kappa shape index (κ3) is 4.77. The molecule has 1 N–H and O–H groups in total. The topological polar surface area (TPSA) is 67.9 Å². The van der Waals surface area contributed by atoms with Crippen LogP contribution in [-0.2, 0) is 14.1 Å². The minimum Gasteiger partial charge on any atom is -0.468 e. The highest BCUT2D eigenvalue weighted by molar-refractivity contribution is 8.23. The smallest absolute Gasteiger partial charge is 0.421 e.